The number of aryl methyl sites for hydroxylation is 1. The van der Waals surface area contributed by atoms with Crippen LogP contribution in [0.15, 0.2) is 51.4 Å². The van der Waals surface area contributed by atoms with Crippen LogP contribution in [-0.2, 0) is 16.6 Å². The van der Waals surface area contributed by atoms with Crippen molar-refractivity contribution in [1.29, 1.82) is 0 Å². The van der Waals surface area contributed by atoms with Gasteiger partial charge in [0, 0.05) is 30.0 Å². The fourth-order valence-corrected chi connectivity index (χ4v) is 4.35. The zero-order valence-corrected chi connectivity index (χ0v) is 16.7. The summed E-state index contributed by atoms with van der Waals surface area (Å²) < 4.78 is 29.2. The third-order valence-corrected chi connectivity index (χ3v) is 6.09. The Morgan fingerprint density at radius 3 is 2.62 bits per heavy atom. The summed E-state index contributed by atoms with van der Waals surface area (Å²) in [6, 6.07) is 5.84. The van der Waals surface area contributed by atoms with Crippen LogP contribution in [0.3, 0.4) is 0 Å². The van der Waals surface area contributed by atoms with E-state index >= 15 is 0 Å². The third kappa shape index (κ3) is 4.11. The van der Waals surface area contributed by atoms with Crippen molar-refractivity contribution in [2.24, 2.45) is 0 Å². The molecule has 0 saturated carbocycles. The molecule has 8 nitrogen and oxygen atoms in total. The quantitative estimate of drug-likeness (QED) is 0.593. The number of halogens is 1. The molecule has 0 unspecified atom stereocenters. The van der Waals surface area contributed by atoms with Crippen molar-refractivity contribution in [3.05, 3.63) is 52.2 Å². The molecule has 0 radical (unpaired) electrons. The van der Waals surface area contributed by atoms with Crippen LogP contribution in [0, 0.1) is 0 Å². The topological polar surface area (TPSA) is 106 Å². The summed E-state index contributed by atoms with van der Waals surface area (Å²) >= 11 is 4.49. The molecule has 0 aliphatic carbocycles. The van der Waals surface area contributed by atoms with Crippen LogP contribution < -0.4 is 10.0 Å². The Morgan fingerprint density at radius 2 is 2.04 bits per heavy atom. The van der Waals surface area contributed by atoms with Crippen LogP contribution in [0.2, 0.25) is 0 Å². The molecule has 3 aromatic rings. The van der Waals surface area contributed by atoms with E-state index in [1.54, 1.807) is 16.3 Å². The number of nitrogens with one attached hydrogen (secondary N) is 2. The van der Waals surface area contributed by atoms with Crippen LogP contribution in [-0.4, -0.2) is 29.1 Å². The minimum Gasteiger partial charge on any atom is -0.321 e. The predicted octanol–water partition coefficient (Wildman–Crippen LogP) is 3.18. The van der Waals surface area contributed by atoms with Crippen LogP contribution in [0.4, 0.5) is 10.8 Å². The number of hydrogen-bond acceptors (Lipinski definition) is 6. The number of carbonyl (C=O) groups is 1. The van der Waals surface area contributed by atoms with E-state index in [1.165, 1.54) is 41.8 Å². The van der Waals surface area contributed by atoms with Gasteiger partial charge < -0.3 is 5.32 Å². The lowest BCUT2D eigenvalue weighted by Crippen LogP contribution is -2.15. The van der Waals surface area contributed by atoms with E-state index in [0.29, 0.717) is 21.8 Å². The van der Waals surface area contributed by atoms with Crippen molar-refractivity contribution in [2.45, 2.75) is 18.4 Å². The number of amides is 1. The van der Waals surface area contributed by atoms with Gasteiger partial charge in [-0.3, -0.25) is 14.2 Å². The second-order valence-corrected chi connectivity index (χ2v) is 8.53. The lowest BCUT2D eigenvalue weighted by molar-refractivity contribution is 0.102. The number of carbonyl (C=O) groups excluding carboxylic acids is 1. The van der Waals surface area contributed by atoms with Gasteiger partial charge in [0.1, 0.15) is 0 Å². The molecule has 0 aliphatic rings. The largest absolute Gasteiger partial charge is 0.321 e. The average molecular weight is 456 g/mol. The number of aromatic nitrogens is 3. The number of sulfonamides is 1. The smallest absolute Gasteiger partial charge is 0.277 e. The Kier molecular flexibility index (Phi) is 5.39. The summed E-state index contributed by atoms with van der Waals surface area (Å²) in [5, 5.41) is 8.82. The van der Waals surface area contributed by atoms with Crippen LogP contribution in [0.5, 0.6) is 0 Å². The molecule has 2 heterocycles. The lowest BCUT2D eigenvalue weighted by Gasteiger charge is -2.07. The molecule has 2 N–H and O–H groups in total. The van der Waals surface area contributed by atoms with Gasteiger partial charge in [-0.2, -0.15) is 5.10 Å². The van der Waals surface area contributed by atoms with Gasteiger partial charge in [0.05, 0.1) is 9.37 Å². The van der Waals surface area contributed by atoms with Gasteiger partial charge in [-0.25, -0.2) is 13.4 Å². The summed E-state index contributed by atoms with van der Waals surface area (Å²) in [4.78, 5) is 16.3. The summed E-state index contributed by atoms with van der Waals surface area (Å²) in [5.41, 5.74) is 0.718. The van der Waals surface area contributed by atoms with E-state index in [4.69, 9.17) is 0 Å². The average Bonchev–Trinajstić information content (AvgIpc) is 3.24. The fraction of sp³-hybridized carbons (Fsp3) is 0.133. The van der Waals surface area contributed by atoms with Crippen LogP contribution in [0.25, 0.3) is 0 Å². The molecule has 0 fully saturated rings. The monoisotopic (exact) mass is 455 g/mol. The summed E-state index contributed by atoms with van der Waals surface area (Å²) in [6.45, 7) is 2.56. The second kappa shape index (κ2) is 7.56. The molecular formula is C15H14BrN5O3S2. The first-order chi connectivity index (χ1) is 12.4. The maximum atomic E-state index is 12.3. The van der Waals surface area contributed by atoms with Gasteiger partial charge in [0.15, 0.2) is 10.8 Å². The van der Waals surface area contributed by atoms with Crippen molar-refractivity contribution in [1.82, 2.24) is 14.8 Å². The van der Waals surface area contributed by atoms with E-state index in [-0.39, 0.29) is 16.5 Å². The predicted molar refractivity (Wildman–Crippen MR) is 103 cm³/mol. The highest BCUT2D eigenvalue weighted by Gasteiger charge is 2.17. The number of anilines is 2. The number of benzene rings is 1. The highest BCUT2D eigenvalue weighted by atomic mass is 79.9. The van der Waals surface area contributed by atoms with Crippen molar-refractivity contribution in [3.8, 4) is 0 Å². The first-order valence-corrected chi connectivity index (χ1v) is 10.6. The zero-order valence-electron chi connectivity index (χ0n) is 13.5. The molecule has 11 heteroatoms. The van der Waals surface area contributed by atoms with Crippen LogP contribution >= 0.6 is 27.3 Å². The molecule has 0 aliphatic heterocycles. The Morgan fingerprint density at radius 1 is 1.31 bits per heavy atom. The van der Waals surface area contributed by atoms with Crippen LogP contribution in [0.1, 0.15) is 17.4 Å². The number of thiazole rings is 1. The molecule has 0 spiro atoms. The number of hydrogen-bond donors (Lipinski definition) is 2. The lowest BCUT2D eigenvalue weighted by atomic mass is 10.3. The third-order valence-electron chi connectivity index (χ3n) is 3.33. The van der Waals surface area contributed by atoms with E-state index in [1.807, 2.05) is 6.92 Å². The Bertz CT molecular complexity index is 1010. The van der Waals surface area contributed by atoms with Gasteiger partial charge >= 0.3 is 0 Å². The molecule has 1 aromatic carbocycles. The molecule has 0 saturated heterocycles. The molecule has 3 rings (SSSR count). The minimum absolute atomic E-state index is 0.0714. The van der Waals surface area contributed by atoms with E-state index < -0.39 is 10.0 Å². The molecule has 0 bridgehead atoms. The highest BCUT2D eigenvalue weighted by Crippen LogP contribution is 2.21. The molecule has 2 aromatic heterocycles. The second-order valence-electron chi connectivity index (χ2n) is 5.10. The zero-order chi connectivity index (χ0) is 18.7. The molecule has 0 atom stereocenters. The summed E-state index contributed by atoms with van der Waals surface area (Å²) in [6.07, 6.45) is 3.23. The van der Waals surface area contributed by atoms with E-state index in [9.17, 15) is 13.2 Å². The van der Waals surface area contributed by atoms with Crippen molar-refractivity contribution >= 4 is 54.0 Å². The maximum Gasteiger partial charge on any atom is 0.277 e. The molecule has 26 heavy (non-hydrogen) atoms. The highest BCUT2D eigenvalue weighted by molar-refractivity contribution is 9.10. The number of rotatable bonds is 6. The Hall–Kier alpha value is -2.24. The van der Waals surface area contributed by atoms with E-state index in [0.717, 1.165) is 0 Å². The fourth-order valence-electron chi connectivity index (χ4n) is 2.07. The van der Waals surface area contributed by atoms with Crippen molar-refractivity contribution in [3.63, 3.8) is 0 Å². The standard InChI is InChI=1S/C15H14BrN5O3S2/c1-2-21-9-12(16)13(19-21)14(22)18-10-3-5-11(6-4-10)26(23,24)20-15-17-7-8-25-15/h3-9H,2H2,1H3,(H,17,20)(H,18,22). The Labute approximate surface area is 162 Å². The molecule has 1 amide bonds. The first-order valence-electron chi connectivity index (χ1n) is 7.45. The SMILES string of the molecule is CCn1cc(Br)c(C(=O)Nc2ccc(S(=O)(=O)Nc3nccs3)cc2)n1. The first kappa shape index (κ1) is 18.5. The summed E-state index contributed by atoms with van der Waals surface area (Å²) in [7, 11) is -3.73. The van der Waals surface area contributed by atoms with Gasteiger partial charge in [-0.15, -0.1) is 11.3 Å². The van der Waals surface area contributed by atoms with Crippen molar-refractivity contribution in [2.75, 3.05) is 10.0 Å². The Balaban J connectivity index is 1.73. The van der Waals surface area contributed by atoms with Gasteiger partial charge in [-0.05, 0) is 47.1 Å². The van der Waals surface area contributed by atoms with Crippen molar-refractivity contribution < 1.29 is 13.2 Å². The van der Waals surface area contributed by atoms with Gasteiger partial charge in [0.25, 0.3) is 15.9 Å². The van der Waals surface area contributed by atoms with E-state index in [2.05, 4.69) is 36.1 Å². The minimum atomic E-state index is -3.73. The molecule has 136 valence electrons. The summed E-state index contributed by atoms with van der Waals surface area (Å²) in [5.74, 6) is -0.388. The van der Waals surface area contributed by atoms with Gasteiger partial charge in [-0.1, -0.05) is 0 Å². The maximum absolute atomic E-state index is 12.3. The normalized spacial score (nSPS) is 11.3. The van der Waals surface area contributed by atoms with Gasteiger partial charge in [0.2, 0.25) is 0 Å². The molecular weight excluding hydrogens is 442 g/mol. The number of nitrogens with zero attached hydrogens (tertiary/aromatic N) is 3.